The molecule has 3 rings (SSSR count). The van der Waals surface area contributed by atoms with E-state index < -0.39 is 16.2 Å². The van der Waals surface area contributed by atoms with E-state index in [1.54, 1.807) is 7.05 Å². The summed E-state index contributed by atoms with van der Waals surface area (Å²) in [5.41, 5.74) is 6.26. The highest BCUT2D eigenvalue weighted by Crippen LogP contribution is 2.22. The summed E-state index contributed by atoms with van der Waals surface area (Å²) in [7, 11) is 1.54. The first-order chi connectivity index (χ1) is 16.7. The predicted molar refractivity (Wildman–Crippen MR) is 135 cm³/mol. The number of nitrogens with one attached hydrogen (secondary N) is 1. The number of hydrogen-bond acceptors (Lipinski definition) is 7. The monoisotopic (exact) mass is 480 g/mol. The van der Waals surface area contributed by atoms with E-state index in [4.69, 9.17) is 5.73 Å². The second-order valence-electron chi connectivity index (χ2n) is 8.07. The lowest BCUT2D eigenvalue weighted by Gasteiger charge is -2.28. The number of hydrogen-bond donors (Lipinski definition) is 2. The van der Waals surface area contributed by atoms with Crippen molar-refractivity contribution in [2.75, 3.05) is 29.1 Å². The molecule has 184 valence electrons. The number of aromatic amines is 1. The van der Waals surface area contributed by atoms with Crippen LogP contribution >= 0.6 is 0 Å². The van der Waals surface area contributed by atoms with Crippen LogP contribution in [0.15, 0.2) is 64.2 Å². The van der Waals surface area contributed by atoms with Gasteiger partial charge in [0.05, 0.1) is 11.5 Å². The van der Waals surface area contributed by atoms with Gasteiger partial charge in [0.2, 0.25) is 5.91 Å². The highest BCUT2D eigenvalue weighted by molar-refractivity contribution is 5.96. The molecule has 0 aliphatic carbocycles. The number of amides is 1. The van der Waals surface area contributed by atoms with E-state index in [1.165, 1.54) is 38.6 Å². The molecule has 0 radical (unpaired) electrons. The fourth-order valence-corrected chi connectivity index (χ4v) is 3.65. The highest BCUT2D eigenvalue weighted by atomic mass is 16.6. The van der Waals surface area contributed by atoms with Gasteiger partial charge in [-0.15, -0.1) is 0 Å². The zero-order chi connectivity index (χ0) is 25.5. The fraction of sp³-hybridized carbons (Fsp3) is 0.292. The molecule has 0 bridgehead atoms. The largest absolute Gasteiger partial charge is 0.383 e. The Morgan fingerprint density at radius 3 is 2.37 bits per heavy atom. The van der Waals surface area contributed by atoms with E-state index in [0.29, 0.717) is 18.7 Å². The molecule has 1 amide bonds. The molecule has 0 aliphatic rings. The molecule has 3 N–H and O–H groups in total. The van der Waals surface area contributed by atoms with Crippen molar-refractivity contribution in [3.05, 3.63) is 91.1 Å². The van der Waals surface area contributed by atoms with Gasteiger partial charge in [-0.1, -0.05) is 43.7 Å². The molecule has 0 unspecified atom stereocenters. The number of unbranched alkanes of at least 4 members (excludes halogenated alkanes) is 1. The van der Waals surface area contributed by atoms with Gasteiger partial charge in [-0.25, -0.2) is 4.79 Å². The molecular formula is C24H28N6O5. The van der Waals surface area contributed by atoms with E-state index >= 15 is 0 Å². The van der Waals surface area contributed by atoms with Crippen molar-refractivity contribution in [3.63, 3.8) is 0 Å². The van der Waals surface area contributed by atoms with Crippen molar-refractivity contribution >= 4 is 28.8 Å². The van der Waals surface area contributed by atoms with E-state index in [2.05, 4.69) is 4.98 Å². The van der Waals surface area contributed by atoms with Gasteiger partial charge >= 0.3 is 5.69 Å². The average molecular weight is 481 g/mol. The Morgan fingerprint density at radius 2 is 1.77 bits per heavy atom. The SMILES string of the molecule is CCCCn1c(N)c(N(CC(=O)N(C)c2ccc([N+](=O)[O-])cc2)Cc2ccccc2)c(=O)[nH]c1=O. The van der Waals surface area contributed by atoms with E-state index in [0.717, 1.165) is 12.0 Å². The number of benzene rings is 2. The number of H-pyrrole nitrogens is 1. The Kier molecular flexibility index (Phi) is 8.03. The van der Waals surface area contributed by atoms with Gasteiger partial charge in [0.25, 0.3) is 11.2 Å². The topological polar surface area (TPSA) is 148 Å². The molecular weight excluding hydrogens is 452 g/mol. The number of nitro groups is 1. The summed E-state index contributed by atoms with van der Waals surface area (Å²) in [4.78, 5) is 54.1. The van der Waals surface area contributed by atoms with Crippen molar-refractivity contribution in [3.8, 4) is 0 Å². The summed E-state index contributed by atoms with van der Waals surface area (Å²) in [6, 6.07) is 14.8. The lowest BCUT2D eigenvalue weighted by atomic mass is 10.2. The van der Waals surface area contributed by atoms with Crippen LogP contribution < -0.4 is 26.8 Å². The molecule has 1 heterocycles. The van der Waals surface area contributed by atoms with Crippen molar-refractivity contribution in [2.24, 2.45) is 0 Å². The first-order valence-electron chi connectivity index (χ1n) is 11.1. The third-order valence-electron chi connectivity index (χ3n) is 5.63. The second kappa shape index (κ2) is 11.1. The summed E-state index contributed by atoms with van der Waals surface area (Å²) in [6.07, 6.45) is 1.52. The van der Waals surface area contributed by atoms with Crippen LogP contribution in [-0.4, -0.2) is 34.0 Å². The molecule has 3 aromatic rings. The van der Waals surface area contributed by atoms with Crippen LogP contribution in [0.3, 0.4) is 0 Å². The van der Waals surface area contributed by atoms with Gasteiger partial charge in [0.15, 0.2) is 0 Å². The quantitative estimate of drug-likeness (QED) is 0.335. The third-order valence-corrected chi connectivity index (χ3v) is 5.63. The van der Waals surface area contributed by atoms with Crippen molar-refractivity contribution in [1.29, 1.82) is 0 Å². The van der Waals surface area contributed by atoms with Gasteiger partial charge in [-0.2, -0.15) is 0 Å². The van der Waals surface area contributed by atoms with Gasteiger partial charge in [0.1, 0.15) is 11.5 Å². The van der Waals surface area contributed by atoms with Crippen molar-refractivity contribution < 1.29 is 9.72 Å². The third kappa shape index (κ3) is 5.94. The van der Waals surface area contributed by atoms with E-state index in [-0.39, 0.29) is 36.2 Å². The number of rotatable bonds is 10. The zero-order valence-electron chi connectivity index (χ0n) is 19.6. The lowest BCUT2D eigenvalue weighted by Crippen LogP contribution is -2.43. The van der Waals surface area contributed by atoms with Gasteiger partial charge in [0, 0.05) is 38.0 Å². The summed E-state index contributed by atoms with van der Waals surface area (Å²) in [6.45, 7) is 2.28. The van der Waals surface area contributed by atoms with Crippen molar-refractivity contribution in [2.45, 2.75) is 32.9 Å². The van der Waals surface area contributed by atoms with Crippen LogP contribution in [0.4, 0.5) is 22.9 Å². The highest BCUT2D eigenvalue weighted by Gasteiger charge is 2.23. The molecule has 0 fully saturated rings. The summed E-state index contributed by atoms with van der Waals surface area (Å²) in [5.74, 6) is -0.381. The normalized spacial score (nSPS) is 10.7. The number of nitrogens with zero attached hydrogens (tertiary/aromatic N) is 4. The smallest absolute Gasteiger partial charge is 0.330 e. The van der Waals surface area contributed by atoms with Crippen LogP contribution in [-0.2, 0) is 17.9 Å². The molecule has 0 saturated carbocycles. The molecule has 0 aliphatic heterocycles. The van der Waals surface area contributed by atoms with Crippen molar-refractivity contribution in [1.82, 2.24) is 9.55 Å². The number of anilines is 3. The standard InChI is InChI=1S/C24H28N6O5/c1-3-4-14-29-22(25)21(23(32)26-24(29)33)28(15-17-8-6-5-7-9-17)16-20(31)27(2)18-10-12-19(13-11-18)30(34)35/h5-13H,3-4,14-16,25H2,1-2H3,(H,26,32,33). The number of aromatic nitrogens is 2. The second-order valence-corrected chi connectivity index (χ2v) is 8.07. The maximum atomic E-state index is 13.2. The molecule has 0 atom stereocenters. The number of nitro benzene ring substituents is 1. The number of carbonyl (C=O) groups is 1. The minimum Gasteiger partial charge on any atom is -0.383 e. The Bertz CT molecular complexity index is 1300. The van der Waals surface area contributed by atoms with E-state index in [1.807, 2.05) is 37.3 Å². The maximum Gasteiger partial charge on any atom is 0.330 e. The number of nitrogens with two attached hydrogens (primary N) is 1. The fourth-order valence-electron chi connectivity index (χ4n) is 3.65. The summed E-state index contributed by atoms with van der Waals surface area (Å²) >= 11 is 0. The summed E-state index contributed by atoms with van der Waals surface area (Å²) < 4.78 is 1.31. The molecule has 11 heteroatoms. The Labute approximate surface area is 201 Å². The lowest BCUT2D eigenvalue weighted by molar-refractivity contribution is -0.384. The Morgan fingerprint density at radius 1 is 1.11 bits per heavy atom. The predicted octanol–water partition coefficient (Wildman–Crippen LogP) is 2.50. The van der Waals surface area contributed by atoms with Crippen LogP contribution in [0, 0.1) is 10.1 Å². The number of non-ortho nitro benzene ring substituents is 1. The van der Waals surface area contributed by atoms with Gasteiger partial charge in [-0.3, -0.25) is 29.3 Å². The molecule has 35 heavy (non-hydrogen) atoms. The number of likely N-dealkylation sites (N-methyl/N-ethyl adjacent to an activating group) is 1. The molecule has 1 aromatic heterocycles. The molecule has 0 spiro atoms. The van der Waals surface area contributed by atoms with Crippen LogP contribution in [0.1, 0.15) is 25.3 Å². The Hall–Kier alpha value is -4.41. The van der Waals surface area contributed by atoms with Crippen LogP contribution in [0.2, 0.25) is 0 Å². The minimum absolute atomic E-state index is 0.00563. The molecule has 11 nitrogen and oxygen atoms in total. The van der Waals surface area contributed by atoms with Crippen LogP contribution in [0.5, 0.6) is 0 Å². The number of carbonyl (C=O) groups excluding carboxylic acids is 1. The van der Waals surface area contributed by atoms with Gasteiger partial charge < -0.3 is 15.5 Å². The Balaban J connectivity index is 1.98. The number of nitrogen functional groups attached to an aromatic ring is 1. The molecule has 2 aromatic carbocycles. The maximum absolute atomic E-state index is 13.2. The van der Waals surface area contributed by atoms with Gasteiger partial charge in [-0.05, 0) is 24.1 Å². The zero-order valence-corrected chi connectivity index (χ0v) is 19.6. The first kappa shape index (κ1) is 25.2. The average Bonchev–Trinajstić information content (AvgIpc) is 2.83. The van der Waals surface area contributed by atoms with E-state index in [9.17, 15) is 24.5 Å². The first-order valence-corrected chi connectivity index (χ1v) is 11.1. The molecule has 0 saturated heterocycles. The summed E-state index contributed by atoms with van der Waals surface area (Å²) in [5, 5.41) is 10.9. The minimum atomic E-state index is -0.679. The van der Waals surface area contributed by atoms with Crippen LogP contribution in [0.25, 0.3) is 0 Å².